The first-order valence-corrected chi connectivity index (χ1v) is 12.9. The van der Waals surface area contributed by atoms with E-state index in [4.69, 9.17) is 9.15 Å². The van der Waals surface area contributed by atoms with Gasteiger partial charge < -0.3 is 19.6 Å². The molecule has 0 saturated heterocycles. The minimum Gasteiger partial charge on any atom is -0.479 e. The fourth-order valence-electron chi connectivity index (χ4n) is 4.01. The third-order valence-corrected chi connectivity index (χ3v) is 6.86. The number of carboxylic acid groups (broad SMARTS) is 1. The number of nitrogens with one attached hydrogen (secondary N) is 1. The van der Waals surface area contributed by atoms with E-state index in [1.807, 2.05) is 76.2 Å². The van der Waals surface area contributed by atoms with Crippen molar-refractivity contribution in [2.24, 2.45) is 0 Å². The van der Waals surface area contributed by atoms with Crippen molar-refractivity contribution in [1.82, 2.24) is 10.3 Å². The summed E-state index contributed by atoms with van der Waals surface area (Å²) in [6, 6.07) is 17.3. The molecule has 0 spiro atoms. The van der Waals surface area contributed by atoms with Crippen LogP contribution in [0.25, 0.3) is 21.9 Å². The normalized spacial score (nSPS) is 12.0. The number of rotatable bonds is 10. The van der Waals surface area contributed by atoms with Crippen LogP contribution in [0.2, 0.25) is 0 Å². The summed E-state index contributed by atoms with van der Waals surface area (Å²) in [5, 5.41) is 13.4. The SMILES string of the molecule is Cc1ccc(-c2nc(C(=O)NCc3cc(CC(OC(C)C)C(=O)O)ccc3-c3ccco3)c(C)s2)cc1. The number of carboxylic acids is 1. The van der Waals surface area contributed by atoms with Crippen molar-refractivity contribution >= 4 is 23.2 Å². The molecule has 37 heavy (non-hydrogen) atoms. The van der Waals surface area contributed by atoms with Gasteiger partial charge in [0, 0.05) is 29.0 Å². The minimum absolute atomic E-state index is 0.206. The number of carbonyl (C=O) groups is 2. The number of aryl methyl sites for hydroxylation is 2. The monoisotopic (exact) mass is 518 g/mol. The molecule has 0 aliphatic rings. The first-order valence-electron chi connectivity index (χ1n) is 12.1. The predicted molar refractivity (Wildman–Crippen MR) is 144 cm³/mol. The van der Waals surface area contributed by atoms with E-state index in [1.165, 1.54) is 11.3 Å². The summed E-state index contributed by atoms with van der Waals surface area (Å²) < 4.78 is 11.2. The molecule has 1 amide bonds. The van der Waals surface area contributed by atoms with E-state index in [9.17, 15) is 14.7 Å². The Hall–Kier alpha value is -3.75. The molecule has 1 unspecified atom stereocenters. The maximum atomic E-state index is 13.1. The van der Waals surface area contributed by atoms with Crippen molar-refractivity contribution in [3.05, 3.63) is 88.1 Å². The van der Waals surface area contributed by atoms with Crippen LogP contribution in [0.15, 0.2) is 65.3 Å². The van der Waals surface area contributed by atoms with E-state index in [-0.39, 0.29) is 25.0 Å². The van der Waals surface area contributed by atoms with E-state index >= 15 is 0 Å². The number of benzene rings is 2. The highest BCUT2D eigenvalue weighted by molar-refractivity contribution is 7.15. The van der Waals surface area contributed by atoms with Crippen LogP contribution in [0.5, 0.6) is 0 Å². The molecule has 2 aromatic heterocycles. The third kappa shape index (κ3) is 6.53. The molecule has 0 aliphatic heterocycles. The van der Waals surface area contributed by atoms with Crippen LogP contribution in [0.3, 0.4) is 0 Å². The molecule has 0 saturated carbocycles. The number of furan rings is 1. The highest BCUT2D eigenvalue weighted by Gasteiger charge is 2.22. The lowest BCUT2D eigenvalue weighted by Crippen LogP contribution is -2.29. The number of hydrogen-bond acceptors (Lipinski definition) is 6. The van der Waals surface area contributed by atoms with Gasteiger partial charge in [-0.25, -0.2) is 9.78 Å². The quantitative estimate of drug-likeness (QED) is 0.265. The predicted octanol–water partition coefficient (Wildman–Crippen LogP) is 6.04. The van der Waals surface area contributed by atoms with Gasteiger partial charge in [0.15, 0.2) is 6.10 Å². The van der Waals surface area contributed by atoms with Crippen LogP contribution in [0, 0.1) is 13.8 Å². The molecule has 4 rings (SSSR count). The molecule has 0 aliphatic carbocycles. The summed E-state index contributed by atoms with van der Waals surface area (Å²) in [5.74, 6) is -0.618. The number of thiazole rings is 1. The van der Waals surface area contributed by atoms with Crippen molar-refractivity contribution in [2.75, 3.05) is 0 Å². The van der Waals surface area contributed by atoms with Crippen molar-refractivity contribution in [1.29, 1.82) is 0 Å². The Morgan fingerprint density at radius 2 is 1.86 bits per heavy atom. The maximum absolute atomic E-state index is 13.1. The van der Waals surface area contributed by atoms with Crippen molar-refractivity contribution in [3.8, 4) is 21.9 Å². The molecule has 2 heterocycles. The van der Waals surface area contributed by atoms with Crippen molar-refractivity contribution < 1.29 is 23.8 Å². The summed E-state index contributed by atoms with van der Waals surface area (Å²) in [4.78, 5) is 30.3. The van der Waals surface area contributed by atoms with Crippen LogP contribution in [-0.2, 0) is 22.5 Å². The summed E-state index contributed by atoms with van der Waals surface area (Å²) in [6.07, 6.45) is 0.620. The molecule has 4 aromatic rings. The zero-order valence-corrected chi connectivity index (χ0v) is 22.1. The van der Waals surface area contributed by atoms with Crippen LogP contribution < -0.4 is 5.32 Å². The topological polar surface area (TPSA) is 102 Å². The van der Waals surface area contributed by atoms with Gasteiger partial charge in [-0.2, -0.15) is 0 Å². The fourth-order valence-corrected chi connectivity index (χ4v) is 4.93. The highest BCUT2D eigenvalue weighted by atomic mass is 32.1. The Kier molecular flexibility index (Phi) is 8.21. The number of nitrogens with zero attached hydrogens (tertiary/aromatic N) is 1. The standard InChI is InChI=1S/C29H30N2O5S/c1-17(2)36-25(29(33)34)15-20-9-12-23(24-6-5-13-35-24)22(14-20)16-30-27(32)26-19(4)37-28(31-26)21-10-7-18(3)8-11-21/h5-14,17,25H,15-16H2,1-4H3,(H,30,32)(H,33,34). The van der Waals surface area contributed by atoms with Crippen molar-refractivity contribution in [3.63, 3.8) is 0 Å². The first-order chi connectivity index (χ1) is 17.7. The zero-order valence-electron chi connectivity index (χ0n) is 21.3. The Labute approximate surface area is 220 Å². The lowest BCUT2D eigenvalue weighted by molar-refractivity contribution is -0.153. The number of aliphatic carboxylic acids is 1. The van der Waals surface area contributed by atoms with Crippen LogP contribution in [0.1, 0.15) is 45.9 Å². The van der Waals surface area contributed by atoms with E-state index in [2.05, 4.69) is 10.3 Å². The second-order valence-electron chi connectivity index (χ2n) is 9.16. The molecule has 0 fully saturated rings. The third-order valence-electron chi connectivity index (χ3n) is 5.84. The second-order valence-corrected chi connectivity index (χ2v) is 10.4. The fraction of sp³-hybridized carbons (Fsp3) is 0.276. The van der Waals surface area contributed by atoms with Gasteiger partial charge in [-0.05, 0) is 51.0 Å². The average Bonchev–Trinajstić information content (AvgIpc) is 3.52. The van der Waals surface area contributed by atoms with Crippen LogP contribution in [-0.4, -0.2) is 34.2 Å². The van der Waals surface area contributed by atoms with Crippen LogP contribution >= 0.6 is 11.3 Å². The molecule has 2 N–H and O–H groups in total. The van der Waals surface area contributed by atoms with Gasteiger partial charge in [0.1, 0.15) is 16.5 Å². The van der Waals surface area contributed by atoms with E-state index < -0.39 is 12.1 Å². The summed E-state index contributed by atoms with van der Waals surface area (Å²) in [6.45, 7) is 7.76. The summed E-state index contributed by atoms with van der Waals surface area (Å²) in [7, 11) is 0. The van der Waals surface area contributed by atoms with Crippen molar-refractivity contribution in [2.45, 2.75) is 52.9 Å². The second kappa shape index (κ2) is 11.5. The molecular formula is C29H30N2O5S. The zero-order chi connectivity index (χ0) is 26.5. The number of amides is 1. The summed E-state index contributed by atoms with van der Waals surface area (Å²) in [5.41, 5.74) is 4.95. The summed E-state index contributed by atoms with van der Waals surface area (Å²) >= 11 is 1.48. The van der Waals surface area contributed by atoms with E-state index in [0.29, 0.717) is 11.5 Å². The Morgan fingerprint density at radius 1 is 1.11 bits per heavy atom. The number of hydrogen-bond donors (Lipinski definition) is 2. The molecule has 0 bridgehead atoms. The Balaban J connectivity index is 1.56. The Morgan fingerprint density at radius 3 is 2.51 bits per heavy atom. The molecule has 8 heteroatoms. The van der Waals surface area contributed by atoms with Gasteiger partial charge >= 0.3 is 5.97 Å². The van der Waals surface area contributed by atoms with Gasteiger partial charge in [0.25, 0.3) is 5.91 Å². The molecule has 7 nitrogen and oxygen atoms in total. The van der Waals surface area contributed by atoms with Crippen LogP contribution in [0.4, 0.5) is 0 Å². The van der Waals surface area contributed by atoms with Gasteiger partial charge in [-0.3, -0.25) is 4.79 Å². The molecule has 2 aromatic carbocycles. The molecule has 1 atom stereocenters. The number of aromatic nitrogens is 1. The van der Waals surface area contributed by atoms with Gasteiger partial charge in [0.2, 0.25) is 0 Å². The number of carbonyl (C=O) groups excluding carboxylic acids is 1. The first kappa shape index (κ1) is 26.3. The minimum atomic E-state index is -1.01. The largest absolute Gasteiger partial charge is 0.479 e. The molecule has 192 valence electrons. The highest BCUT2D eigenvalue weighted by Crippen LogP contribution is 2.29. The lowest BCUT2D eigenvalue weighted by Gasteiger charge is -2.18. The smallest absolute Gasteiger partial charge is 0.333 e. The maximum Gasteiger partial charge on any atom is 0.333 e. The molecular weight excluding hydrogens is 488 g/mol. The average molecular weight is 519 g/mol. The number of ether oxygens (including phenoxy) is 1. The van der Waals surface area contributed by atoms with E-state index in [0.717, 1.165) is 37.7 Å². The van der Waals surface area contributed by atoms with E-state index in [1.54, 1.807) is 12.3 Å². The molecule has 0 radical (unpaired) electrons. The van der Waals surface area contributed by atoms with Gasteiger partial charge in [0.05, 0.1) is 12.4 Å². The lowest BCUT2D eigenvalue weighted by atomic mass is 9.98. The van der Waals surface area contributed by atoms with Gasteiger partial charge in [-0.1, -0.05) is 48.0 Å². The van der Waals surface area contributed by atoms with Gasteiger partial charge in [-0.15, -0.1) is 11.3 Å². The Bertz CT molecular complexity index is 1370.